The predicted octanol–water partition coefficient (Wildman–Crippen LogP) is 2.68. The molecular weight excluding hydrogens is 160 g/mol. The molecule has 0 fully saturated rings. The minimum absolute atomic E-state index is 0.206. The third-order valence-corrected chi connectivity index (χ3v) is 2.53. The summed E-state index contributed by atoms with van der Waals surface area (Å²) in [5, 5.41) is 0. The number of allylic oxidation sites excluding steroid dienone is 2. The van der Waals surface area contributed by atoms with Gasteiger partial charge in [-0.2, -0.15) is 0 Å². The van der Waals surface area contributed by atoms with Gasteiger partial charge in [0, 0.05) is 17.6 Å². The molecule has 0 unspecified atom stereocenters. The van der Waals surface area contributed by atoms with E-state index in [9.17, 15) is 4.79 Å². The van der Waals surface area contributed by atoms with Crippen LogP contribution >= 0.6 is 0 Å². The summed E-state index contributed by atoms with van der Waals surface area (Å²) in [6, 6.07) is 6.03. The van der Waals surface area contributed by atoms with Crippen LogP contribution < -0.4 is 0 Å². The number of ketones is 1. The third-order valence-electron chi connectivity index (χ3n) is 2.53. The first-order valence-electron chi connectivity index (χ1n) is 4.52. The molecule has 13 heavy (non-hydrogen) atoms. The lowest BCUT2D eigenvalue weighted by Crippen LogP contribution is -1.94. The van der Waals surface area contributed by atoms with Crippen LogP contribution in [0.4, 0.5) is 0 Å². The zero-order valence-corrected chi connectivity index (χ0v) is 7.92. The van der Waals surface area contributed by atoms with E-state index in [0.717, 1.165) is 17.6 Å². The first-order valence-corrected chi connectivity index (χ1v) is 4.52. The molecule has 1 heteroatoms. The highest BCUT2D eigenvalue weighted by molar-refractivity contribution is 6.13. The van der Waals surface area contributed by atoms with Crippen LogP contribution in [0.3, 0.4) is 0 Å². The Bertz CT molecular complexity index is 400. The van der Waals surface area contributed by atoms with E-state index in [1.54, 1.807) is 0 Å². The number of hydrogen-bond acceptors (Lipinski definition) is 1. The Hall–Kier alpha value is -1.37. The fourth-order valence-corrected chi connectivity index (χ4v) is 1.78. The molecular formula is C12H12O. The normalized spacial score (nSPS) is 18.0. The number of benzene rings is 1. The molecule has 0 spiro atoms. The number of Topliss-reactive ketones (excluding diaryl/α,β-unsaturated/α-hetero) is 1. The number of fused-ring (bicyclic) bond motifs is 1. The van der Waals surface area contributed by atoms with Gasteiger partial charge in [-0.15, -0.1) is 0 Å². The van der Waals surface area contributed by atoms with Crippen LogP contribution in [0.2, 0.25) is 0 Å². The molecule has 0 saturated carbocycles. The van der Waals surface area contributed by atoms with Crippen LogP contribution in [0.5, 0.6) is 0 Å². The average Bonchev–Trinajstić information content (AvgIpc) is 2.42. The minimum Gasteiger partial charge on any atom is -0.289 e. The summed E-state index contributed by atoms with van der Waals surface area (Å²) in [4.78, 5) is 11.7. The summed E-state index contributed by atoms with van der Waals surface area (Å²) in [5.74, 6) is 0.206. The maximum Gasteiger partial charge on any atom is 0.189 e. The van der Waals surface area contributed by atoms with E-state index in [2.05, 4.69) is 13.0 Å². The molecule has 0 saturated heterocycles. The fraction of sp³-hybridized carbons (Fsp3) is 0.250. The second-order valence-corrected chi connectivity index (χ2v) is 3.48. The summed E-state index contributed by atoms with van der Waals surface area (Å²) in [6.45, 7) is 3.98. The zero-order chi connectivity index (χ0) is 9.42. The number of rotatable bonds is 0. The quantitative estimate of drug-likeness (QED) is 0.550. The molecule has 1 aliphatic rings. The molecule has 1 aliphatic carbocycles. The van der Waals surface area contributed by atoms with Crippen molar-refractivity contribution in [3.05, 3.63) is 46.5 Å². The first-order chi connectivity index (χ1) is 6.22. The van der Waals surface area contributed by atoms with Crippen molar-refractivity contribution >= 4 is 5.78 Å². The van der Waals surface area contributed by atoms with Crippen LogP contribution in [0, 0.1) is 6.92 Å². The molecule has 0 bridgehead atoms. The van der Waals surface area contributed by atoms with Crippen molar-refractivity contribution in [2.75, 3.05) is 0 Å². The highest BCUT2D eigenvalue weighted by Crippen LogP contribution is 2.26. The Labute approximate surface area is 78.1 Å². The Morgan fingerprint density at radius 3 is 2.85 bits per heavy atom. The number of carbonyl (C=O) groups excluding carboxylic acids is 1. The van der Waals surface area contributed by atoms with Crippen LogP contribution in [0.25, 0.3) is 0 Å². The zero-order valence-electron chi connectivity index (χ0n) is 7.92. The van der Waals surface area contributed by atoms with Gasteiger partial charge in [-0.25, -0.2) is 0 Å². The van der Waals surface area contributed by atoms with Gasteiger partial charge in [0.15, 0.2) is 5.78 Å². The lowest BCUT2D eigenvalue weighted by molar-refractivity contribution is 0.103. The molecule has 1 aromatic carbocycles. The summed E-state index contributed by atoms with van der Waals surface area (Å²) in [7, 11) is 0. The van der Waals surface area contributed by atoms with E-state index in [-0.39, 0.29) is 5.78 Å². The highest BCUT2D eigenvalue weighted by Gasteiger charge is 2.23. The molecule has 66 valence electrons. The van der Waals surface area contributed by atoms with Gasteiger partial charge in [0.05, 0.1) is 0 Å². The van der Waals surface area contributed by atoms with Crippen LogP contribution in [0.15, 0.2) is 29.8 Å². The number of hydrogen-bond donors (Lipinski definition) is 0. The van der Waals surface area contributed by atoms with Crippen LogP contribution in [-0.4, -0.2) is 5.78 Å². The Morgan fingerprint density at radius 1 is 1.38 bits per heavy atom. The van der Waals surface area contributed by atoms with Gasteiger partial charge in [-0.05, 0) is 19.4 Å². The largest absolute Gasteiger partial charge is 0.289 e. The van der Waals surface area contributed by atoms with Gasteiger partial charge in [-0.1, -0.05) is 29.8 Å². The van der Waals surface area contributed by atoms with Gasteiger partial charge in [0.1, 0.15) is 0 Å². The van der Waals surface area contributed by atoms with Crippen molar-refractivity contribution in [1.29, 1.82) is 0 Å². The maximum absolute atomic E-state index is 11.7. The Balaban J connectivity index is 2.56. The van der Waals surface area contributed by atoms with Crippen molar-refractivity contribution < 1.29 is 4.79 Å². The van der Waals surface area contributed by atoms with Gasteiger partial charge < -0.3 is 0 Å². The van der Waals surface area contributed by atoms with Gasteiger partial charge in [-0.3, -0.25) is 4.79 Å². The van der Waals surface area contributed by atoms with Crippen molar-refractivity contribution in [3.8, 4) is 0 Å². The first kappa shape index (κ1) is 8.24. The maximum atomic E-state index is 11.7. The van der Waals surface area contributed by atoms with Crippen molar-refractivity contribution in [2.45, 2.75) is 20.3 Å². The summed E-state index contributed by atoms with van der Waals surface area (Å²) < 4.78 is 0. The lowest BCUT2D eigenvalue weighted by Gasteiger charge is -1.96. The molecule has 0 amide bonds. The smallest absolute Gasteiger partial charge is 0.189 e. The Morgan fingerprint density at radius 2 is 2.15 bits per heavy atom. The average molecular weight is 172 g/mol. The predicted molar refractivity (Wildman–Crippen MR) is 53.0 cm³/mol. The fourth-order valence-electron chi connectivity index (χ4n) is 1.78. The van der Waals surface area contributed by atoms with Crippen molar-refractivity contribution in [2.24, 2.45) is 0 Å². The molecule has 0 aliphatic heterocycles. The van der Waals surface area contributed by atoms with E-state index in [1.165, 1.54) is 11.1 Å². The second-order valence-electron chi connectivity index (χ2n) is 3.48. The lowest BCUT2D eigenvalue weighted by atomic mass is 10.1. The second kappa shape index (κ2) is 2.84. The van der Waals surface area contributed by atoms with Gasteiger partial charge in [0.2, 0.25) is 0 Å². The number of aryl methyl sites for hydroxylation is 1. The van der Waals surface area contributed by atoms with Crippen molar-refractivity contribution in [1.82, 2.24) is 0 Å². The van der Waals surface area contributed by atoms with Gasteiger partial charge in [0.25, 0.3) is 0 Å². The molecule has 1 nitrogen and oxygen atoms in total. The molecule has 0 aromatic heterocycles. The molecule has 0 N–H and O–H groups in total. The molecule has 0 heterocycles. The molecule has 0 radical (unpaired) electrons. The standard InChI is InChI=1S/C12H12O/c1-3-9-7-10-6-8(2)4-5-11(10)12(9)13/h3-6H,7H2,1-2H3/b9-3-. The van der Waals surface area contributed by atoms with Crippen LogP contribution in [0.1, 0.15) is 28.4 Å². The Kier molecular flexibility index (Phi) is 1.80. The monoisotopic (exact) mass is 172 g/mol. The molecule has 1 aromatic rings. The van der Waals surface area contributed by atoms with Crippen LogP contribution in [-0.2, 0) is 6.42 Å². The highest BCUT2D eigenvalue weighted by atomic mass is 16.1. The topological polar surface area (TPSA) is 17.1 Å². The van der Waals surface area contributed by atoms with Gasteiger partial charge >= 0.3 is 0 Å². The minimum atomic E-state index is 0.206. The molecule has 0 atom stereocenters. The van der Waals surface area contributed by atoms with E-state index < -0.39 is 0 Å². The number of carbonyl (C=O) groups is 1. The van der Waals surface area contributed by atoms with E-state index in [4.69, 9.17) is 0 Å². The molecule has 2 rings (SSSR count). The summed E-state index contributed by atoms with van der Waals surface area (Å²) in [5.41, 5.74) is 4.22. The van der Waals surface area contributed by atoms with E-state index in [1.807, 2.05) is 25.1 Å². The van der Waals surface area contributed by atoms with Crippen molar-refractivity contribution in [3.63, 3.8) is 0 Å². The van der Waals surface area contributed by atoms with E-state index >= 15 is 0 Å². The third kappa shape index (κ3) is 1.21. The summed E-state index contributed by atoms with van der Waals surface area (Å²) >= 11 is 0. The van der Waals surface area contributed by atoms with E-state index in [0.29, 0.717) is 0 Å². The summed E-state index contributed by atoms with van der Waals surface area (Å²) in [6.07, 6.45) is 2.73. The SMILES string of the molecule is C/C=C1/Cc2cc(C)ccc2C1=O.